The smallest absolute Gasteiger partial charge is 0.340 e. The maximum Gasteiger partial charge on any atom is 0.340 e. The first-order chi connectivity index (χ1) is 14.7. The zero-order chi connectivity index (χ0) is 20.8. The topological polar surface area (TPSA) is 73.8 Å². The molecule has 0 amide bonds. The Hall–Kier alpha value is -3.04. The van der Waals surface area contributed by atoms with Crippen molar-refractivity contribution in [2.75, 3.05) is 31.2 Å². The number of carbonyl (C=O) groups is 1. The fourth-order valence-electron chi connectivity index (χ4n) is 2.87. The van der Waals surface area contributed by atoms with Crippen LogP contribution in [0.5, 0.6) is 5.75 Å². The lowest BCUT2D eigenvalue weighted by atomic mass is 10.2. The lowest BCUT2D eigenvalue weighted by Crippen LogP contribution is -2.36. The van der Waals surface area contributed by atoms with Crippen LogP contribution in [0.15, 0.2) is 48.0 Å². The highest BCUT2D eigenvalue weighted by Gasteiger charge is 2.14. The molecule has 1 aromatic carbocycles. The van der Waals surface area contributed by atoms with Crippen molar-refractivity contribution in [3.05, 3.63) is 70.1 Å². The van der Waals surface area contributed by atoms with E-state index in [1.54, 1.807) is 18.2 Å². The Bertz CT molecular complexity index is 973. The Morgan fingerprint density at radius 1 is 1.13 bits per heavy atom. The monoisotopic (exact) mass is 429 g/mol. The third-order valence-corrected chi connectivity index (χ3v) is 5.32. The molecule has 0 atom stereocenters. The van der Waals surface area contributed by atoms with E-state index in [-0.39, 0.29) is 19.0 Å². The molecule has 3 aromatic rings. The van der Waals surface area contributed by atoms with Gasteiger partial charge in [-0.25, -0.2) is 19.2 Å². The van der Waals surface area contributed by atoms with Crippen molar-refractivity contribution in [1.29, 1.82) is 0 Å². The summed E-state index contributed by atoms with van der Waals surface area (Å²) in [5.41, 5.74) is 1.03. The second-order valence-corrected chi connectivity index (χ2v) is 7.50. The number of benzene rings is 1. The summed E-state index contributed by atoms with van der Waals surface area (Å²) >= 11 is 1.41. The Labute approximate surface area is 177 Å². The van der Waals surface area contributed by atoms with Crippen LogP contribution in [0.25, 0.3) is 0 Å². The Morgan fingerprint density at radius 3 is 2.67 bits per heavy atom. The number of halogens is 1. The number of nitrogens with zero attached hydrogens (tertiary/aromatic N) is 3. The van der Waals surface area contributed by atoms with Crippen LogP contribution < -0.4 is 9.64 Å². The summed E-state index contributed by atoms with van der Waals surface area (Å²) in [5.74, 6) is 0.618. The van der Waals surface area contributed by atoms with E-state index in [0.717, 1.165) is 23.9 Å². The second kappa shape index (κ2) is 9.64. The minimum atomic E-state index is -0.451. The molecule has 0 radical (unpaired) electrons. The van der Waals surface area contributed by atoms with E-state index in [0.29, 0.717) is 30.2 Å². The van der Waals surface area contributed by atoms with Gasteiger partial charge in [0.05, 0.1) is 24.5 Å². The normalized spacial score (nSPS) is 13.8. The molecule has 3 heterocycles. The van der Waals surface area contributed by atoms with Crippen molar-refractivity contribution in [3.8, 4) is 5.75 Å². The van der Waals surface area contributed by atoms with Crippen molar-refractivity contribution in [3.63, 3.8) is 0 Å². The first-order valence-corrected chi connectivity index (χ1v) is 10.3. The molecule has 9 heteroatoms. The molecular weight excluding hydrogens is 409 g/mol. The van der Waals surface area contributed by atoms with Gasteiger partial charge in [0, 0.05) is 24.7 Å². The van der Waals surface area contributed by atoms with Gasteiger partial charge in [0.2, 0.25) is 0 Å². The van der Waals surface area contributed by atoms with Crippen molar-refractivity contribution in [2.24, 2.45) is 0 Å². The van der Waals surface area contributed by atoms with Gasteiger partial charge < -0.3 is 19.1 Å². The number of anilines is 1. The number of thiazole rings is 1. The minimum Gasteiger partial charge on any atom is -0.486 e. The number of rotatable bonds is 7. The summed E-state index contributed by atoms with van der Waals surface area (Å²) in [5, 5.41) is 2.55. The van der Waals surface area contributed by atoms with Gasteiger partial charge in [0.25, 0.3) is 0 Å². The van der Waals surface area contributed by atoms with Crippen LogP contribution in [0.2, 0.25) is 0 Å². The second-order valence-electron chi connectivity index (χ2n) is 6.56. The third-order valence-electron chi connectivity index (χ3n) is 4.45. The van der Waals surface area contributed by atoms with E-state index in [1.165, 1.54) is 29.7 Å². The van der Waals surface area contributed by atoms with Crippen LogP contribution in [0.1, 0.15) is 21.1 Å². The SMILES string of the molecule is O=C(OCc1csc(COc2ccc(F)cc2)n1)c1ccc(N2CCOCC2)nc1. The number of hydrogen-bond acceptors (Lipinski definition) is 8. The minimum absolute atomic E-state index is 0.0666. The lowest BCUT2D eigenvalue weighted by Gasteiger charge is -2.27. The van der Waals surface area contributed by atoms with Gasteiger partial charge in [-0.05, 0) is 36.4 Å². The maximum atomic E-state index is 12.9. The number of esters is 1. The van der Waals surface area contributed by atoms with Crippen LogP contribution in [0.4, 0.5) is 10.2 Å². The van der Waals surface area contributed by atoms with Gasteiger partial charge in [0.15, 0.2) is 0 Å². The molecule has 7 nitrogen and oxygen atoms in total. The van der Waals surface area contributed by atoms with Gasteiger partial charge in [-0.3, -0.25) is 0 Å². The highest BCUT2D eigenvalue weighted by molar-refractivity contribution is 7.09. The van der Waals surface area contributed by atoms with Crippen molar-refractivity contribution in [1.82, 2.24) is 9.97 Å². The van der Waals surface area contributed by atoms with E-state index in [9.17, 15) is 9.18 Å². The fraction of sp³-hybridized carbons (Fsp3) is 0.286. The molecule has 0 saturated carbocycles. The van der Waals surface area contributed by atoms with Crippen molar-refractivity contribution < 1.29 is 23.4 Å². The standard InChI is InChI=1S/C21H20FN3O4S/c22-16-2-4-18(5-3-16)28-13-20-24-17(14-30-20)12-29-21(26)15-1-6-19(23-11-15)25-7-9-27-10-8-25/h1-6,11,14H,7-10,12-13H2. The molecule has 1 aliphatic rings. The van der Waals surface area contributed by atoms with Crippen LogP contribution in [-0.2, 0) is 22.7 Å². The summed E-state index contributed by atoms with van der Waals surface area (Å²) < 4.78 is 29.2. The highest BCUT2D eigenvalue weighted by atomic mass is 32.1. The Kier molecular flexibility index (Phi) is 6.50. The molecule has 4 rings (SSSR count). The number of ether oxygens (including phenoxy) is 3. The molecule has 0 spiro atoms. The maximum absolute atomic E-state index is 12.9. The molecule has 0 N–H and O–H groups in total. The zero-order valence-electron chi connectivity index (χ0n) is 16.1. The molecule has 2 aromatic heterocycles. The summed E-state index contributed by atoms with van der Waals surface area (Å²) in [6.45, 7) is 3.25. The van der Waals surface area contributed by atoms with E-state index in [1.807, 2.05) is 11.4 Å². The van der Waals surface area contributed by atoms with Gasteiger partial charge in [-0.15, -0.1) is 11.3 Å². The van der Waals surface area contributed by atoms with Crippen LogP contribution in [0, 0.1) is 5.82 Å². The number of pyridine rings is 1. The number of morpholine rings is 1. The van der Waals surface area contributed by atoms with Crippen LogP contribution in [0.3, 0.4) is 0 Å². The van der Waals surface area contributed by atoms with Crippen molar-refractivity contribution >= 4 is 23.1 Å². The van der Waals surface area contributed by atoms with E-state index >= 15 is 0 Å². The van der Waals surface area contributed by atoms with Crippen LogP contribution >= 0.6 is 11.3 Å². The Balaban J connectivity index is 1.26. The quantitative estimate of drug-likeness (QED) is 0.533. The molecule has 1 saturated heterocycles. The summed E-state index contributed by atoms with van der Waals surface area (Å²) in [7, 11) is 0. The van der Waals surface area contributed by atoms with Gasteiger partial charge in [0.1, 0.15) is 35.6 Å². The highest BCUT2D eigenvalue weighted by Crippen LogP contribution is 2.17. The third kappa shape index (κ3) is 5.31. The fourth-order valence-corrected chi connectivity index (χ4v) is 3.56. The Morgan fingerprint density at radius 2 is 1.93 bits per heavy atom. The predicted molar refractivity (Wildman–Crippen MR) is 109 cm³/mol. The average Bonchev–Trinajstić information content (AvgIpc) is 3.26. The summed E-state index contributed by atoms with van der Waals surface area (Å²) in [6, 6.07) is 9.32. The molecule has 1 aliphatic heterocycles. The first kappa shape index (κ1) is 20.2. The molecule has 0 unspecified atom stereocenters. The van der Waals surface area contributed by atoms with E-state index in [2.05, 4.69) is 14.9 Å². The van der Waals surface area contributed by atoms with Crippen molar-refractivity contribution in [2.45, 2.75) is 13.2 Å². The molecular formula is C21H20FN3O4S. The van der Waals surface area contributed by atoms with Gasteiger partial charge in [-0.1, -0.05) is 0 Å². The molecule has 156 valence electrons. The first-order valence-electron chi connectivity index (χ1n) is 9.45. The van der Waals surface area contributed by atoms with E-state index < -0.39 is 5.97 Å². The zero-order valence-corrected chi connectivity index (χ0v) is 16.9. The largest absolute Gasteiger partial charge is 0.486 e. The number of carbonyl (C=O) groups excluding carboxylic acids is 1. The van der Waals surface area contributed by atoms with E-state index in [4.69, 9.17) is 14.2 Å². The van der Waals surface area contributed by atoms with Gasteiger partial charge in [-0.2, -0.15) is 0 Å². The summed E-state index contributed by atoms with van der Waals surface area (Å²) in [6.07, 6.45) is 1.52. The number of hydrogen-bond donors (Lipinski definition) is 0. The van der Waals surface area contributed by atoms with Gasteiger partial charge >= 0.3 is 5.97 Å². The average molecular weight is 429 g/mol. The molecule has 1 fully saturated rings. The molecule has 30 heavy (non-hydrogen) atoms. The number of aromatic nitrogens is 2. The summed E-state index contributed by atoms with van der Waals surface area (Å²) in [4.78, 5) is 23.1. The predicted octanol–water partition coefficient (Wildman–Crippen LogP) is 3.45. The van der Waals surface area contributed by atoms with Crippen LogP contribution in [-0.4, -0.2) is 42.2 Å². The lowest BCUT2D eigenvalue weighted by molar-refractivity contribution is 0.0467. The molecule has 0 aliphatic carbocycles. The molecule has 0 bridgehead atoms.